The van der Waals surface area contributed by atoms with Gasteiger partial charge in [0.1, 0.15) is 0 Å². The number of aryl methyl sites for hydroxylation is 1. The summed E-state index contributed by atoms with van der Waals surface area (Å²) in [5, 5.41) is 0. The van der Waals surface area contributed by atoms with Crippen LogP contribution in [-0.2, 0) is 17.6 Å². The van der Waals surface area contributed by atoms with Crippen molar-refractivity contribution in [2.45, 2.75) is 52.0 Å². The number of hydrogen-bond donors (Lipinski definition) is 0. The molecule has 1 heterocycles. The number of para-hydroxylation sites is 1. The second-order valence-corrected chi connectivity index (χ2v) is 6.84. The average Bonchev–Trinajstić information content (AvgIpc) is 2.88. The molecule has 0 spiro atoms. The van der Waals surface area contributed by atoms with Crippen LogP contribution in [0.2, 0.25) is 0 Å². The number of fused-ring (bicyclic) bond motifs is 1. The molecule has 0 radical (unpaired) electrons. The van der Waals surface area contributed by atoms with E-state index in [9.17, 15) is 4.79 Å². The lowest BCUT2D eigenvalue weighted by atomic mass is 10.00. The number of nitrogens with zero attached hydrogens (tertiary/aromatic N) is 1. The zero-order valence-electron chi connectivity index (χ0n) is 14.3. The first kappa shape index (κ1) is 15.8. The lowest BCUT2D eigenvalue weighted by molar-refractivity contribution is -0.118. The number of anilines is 1. The highest BCUT2D eigenvalue weighted by molar-refractivity contribution is 5.96. The summed E-state index contributed by atoms with van der Waals surface area (Å²) < 4.78 is 0. The fourth-order valence-electron chi connectivity index (χ4n) is 3.39. The Kier molecular flexibility index (Phi) is 4.51. The summed E-state index contributed by atoms with van der Waals surface area (Å²) in [5.41, 5.74) is 4.97. The van der Waals surface area contributed by atoms with E-state index in [2.05, 4.69) is 63.2 Å². The van der Waals surface area contributed by atoms with Crippen molar-refractivity contribution in [1.82, 2.24) is 0 Å². The highest BCUT2D eigenvalue weighted by Crippen LogP contribution is 2.32. The highest BCUT2D eigenvalue weighted by Gasteiger charge is 2.29. The molecule has 2 nitrogen and oxygen atoms in total. The second-order valence-electron chi connectivity index (χ2n) is 6.84. The molecule has 0 bridgehead atoms. The molecular formula is C21H25NO. The maximum absolute atomic E-state index is 12.7. The van der Waals surface area contributed by atoms with E-state index in [0.29, 0.717) is 12.3 Å². The standard InChI is InChI=1S/C21H25NO/c1-15(2)18-11-8-17(9-12-18)10-13-21(23)22-16(3)14-19-6-4-5-7-20(19)22/h4-9,11-12,15-16H,10,13-14H2,1-3H3/t16-/m1/s1. The number of rotatable bonds is 4. The quantitative estimate of drug-likeness (QED) is 0.800. The first-order valence-electron chi connectivity index (χ1n) is 8.55. The largest absolute Gasteiger partial charge is 0.309 e. The van der Waals surface area contributed by atoms with Crippen molar-refractivity contribution in [2.75, 3.05) is 4.90 Å². The Balaban J connectivity index is 1.66. The normalized spacial score (nSPS) is 16.7. The van der Waals surface area contributed by atoms with E-state index in [1.807, 2.05) is 11.0 Å². The van der Waals surface area contributed by atoms with Gasteiger partial charge in [-0.15, -0.1) is 0 Å². The van der Waals surface area contributed by atoms with E-state index in [-0.39, 0.29) is 11.9 Å². The molecule has 0 aliphatic carbocycles. The van der Waals surface area contributed by atoms with Gasteiger partial charge in [-0.3, -0.25) is 4.79 Å². The van der Waals surface area contributed by atoms with Gasteiger partial charge in [-0.05, 0) is 48.4 Å². The Hall–Kier alpha value is -2.09. The van der Waals surface area contributed by atoms with Crippen LogP contribution >= 0.6 is 0 Å². The van der Waals surface area contributed by atoms with Crippen LogP contribution in [-0.4, -0.2) is 11.9 Å². The summed E-state index contributed by atoms with van der Waals surface area (Å²) in [4.78, 5) is 14.7. The lowest BCUT2D eigenvalue weighted by Gasteiger charge is -2.22. The predicted molar refractivity (Wildman–Crippen MR) is 95.9 cm³/mol. The van der Waals surface area contributed by atoms with Crippen molar-refractivity contribution in [2.24, 2.45) is 0 Å². The van der Waals surface area contributed by atoms with Gasteiger partial charge >= 0.3 is 0 Å². The third-order valence-corrected chi connectivity index (χ3v) is 4.75. The SMILES string of the molecule is CC(C)c1ccc(CCC(=O)N2c3ccccc3C[C@H]2C)cc1. The minimum atomic E-state index is 0.232. The molecule has 120 valence electrons. The minimum absolute atomic E-state index is 0.232. The predicted octanol–water partition coefficient (Wildman–Crippen LogP) is 4.72. The molecule has 0 N–H and O–H groups in total. The van der Waals surface area contributed by atoms with Crippen molar-refractivity contribution in [3.05, 3.63) is 65.2 Å². The van der Waals surface area contributed by atoms with Crippen molar-refractivity contribution in [3.8, 4) is 0 Å². The molecule has 2 heteroatoms. The molecule has 0 saturated carbocycles. The molecule has 0 unspecified atom stereocenters. The molecule has 1 amide bonds. The maximum Gasteiger partial charge on any atom is 0.227 e. The van der Waals surface area contributed by atoms with Gasteiger partial charge in [0, 0.05) is 18.2 Å². The van der Waals surface area contributed by atoms with Crippen molar-refractivity contribution in [3.63, 3.8) is 0 Å². The number of amides is 1. The van der Waals surface area contributed by atoms with E-state index in [4.69, 9.17) is 0 Å². The molecule has 0 fully saturated rings. The Morgan fingerprint density at radius 2 is 1.83 bits per heavy atom. The van der Waals surface area contributed by atoms with E-state index >= 15 is 0 Å². The molecule has 1 aliphatic rings. The molecule has 3 rings (SSSR count). The number of carbonyl (C=O) groups excluding carboxylic acids is 1. The second kappa shape index (κ2) is 6.57. The van der Waals surface area contributed by atoms with Crippen LogP contribution in [0.1, 0.15) is 49.8 Å². The van der Waals surface area contributed by atoms with Gasteiger partial charge in [-0.2, -0.15) is 0 Å². The maximum atomic E-state index is 12.7. The Labute approximate surface area is 139 Å². The van der Waals surface area contributed by atoms with Crippen LogP contribution < -0.4 is 4.90 Å². The summed E-state index contributed by atoms with van der Waals surface area (Å²) >= 11 is 0. The van der Waals surface area contributed by atoms with Gasteiger partial charge < -0.3 is 4.90 Å². The van der Waals surface area contributed by atoms with Crippen molar-refractivity contribution in [1.29, 1.82) is 0 Å². The molecule has 0 aromatic heterocycles. The molecule has 1 atom stereocenters. The Bertz CT molecular complexity index is 687. The summed E-state index contributed by atoms with van der Waals surface area (Å²) in [6.07, 6.45) is 2.34. The summed E-state index contributed by atoms with van der Waals surface area (Å²) in [6, 6.07) is 17.2. The molecule has 23 heavy (non-hydrogen) atoms. The highest BCUT2D eigenvalue weighted by atomic mass is 16.2. The smallest absolute Gasteiger partial charge is 0.227 e. The van der Waals surface area contributed by atoms with Gasteiger partial charge in [0.25, 0.3) is 0 Å². The molecule has 2 aromatic carbocycles. The topological polar surface area (TPSA) is 20.3 Å². The fraction of sp³-hybridized carbons (Fsp3) is 0.381. The number of benzene rings is 2. The summed E-state index contributed by atoms with van der Waals surface area (Å²) in [6.45, 7) is 6.53. The zero-order chi connectivity index (χ0) is 16.4. The lowest BCUT2D eigenvalue weighted by Crippen LogP contribution is -2.35. The summed E-state index contributed by atoms with van der Waals surface area (Å²) in [5.74, 6) is 0.781. The summed E-state index contributed by atoms with van der Waals surface area (Å²) in [7, 11) is 0. The van der Waals surface area contributed by atoms with Crippen LogP contribution in [0.25, 0.3) is 0 Å². The van der Waals surface area contributed by atoms with E-state index in [0.717, 1.165) is 18.5 Å². The number of carbonyl (C=O) groups is 1. The van der Waals surface area contributed by atoms with Gasteiger partial charge in [0.05, 0.1) is 0 Å². The van der Waals surface area contributed by atoms with Crippen LogP contribution in [0, 0.1) is 0 Å². The van der Waals surface area contributed by atoms with Crippen molar-refractivity contribution < 1.29 is 4.79 Å². The zero-order valence-corrected chi connectivity index (χ0v) is 14.3. The van der Waals surface area contributed by atoms with Gasteiger partial charge in [-0.25, -0.2) is 0 Å². The van der Waals surface area contributed by atoms with Gasteiger partial charge in [0.2, 0.25) is 5.91 Å². The first-order valence-corrected chi connectivity index (χ1v) is 8.55. The van der Waals surface area contributed by atoms with E-state index in [1.54, 1.807) is 0 Å². The monoisotopic (exact) mass is 307 g/mol. The first-order chi connectivity index (χ1) is 11.1. The van der Waals surface area contributed by atoms with Crippen LogP contribution in [0.4, 0.5) is 5.69 Å². The number of hydrogen-bond acceptors (Lipinski definition) is 1. The third-order valence-electron chi connectivity index (χ3n) is 4.75. The van der Waals surface area contributed by atoms with Crippen LogP contribution in [0.15, 0.2) is 48.5 Å². The van der Waals surface area contributed by atoms with Crippen molar-refractivity contribution >= 4 is 11.6 Å². The van der Waals surface area contributed by atoms with E-state index in [1.165, 1.54) is 16.7 Å². The molecule has 2 aromatic rings. The Morgan fingerprint density at radius 1 is 1.13 bits per heavy atom. The van der Waals surface area contributed by atoms with Gasteiger partial charge in [0.15, 0.2) is 0 Å². The molecule has 0 saturated heterocycles. The molecule has 1 aliphatic heterocycles. The molecular weight excluding hydrogens is 282 g/mol. The third kappa shape index (κ3) is 3.31. The Morgan fingerprint density at radius 3 is 2.52 bits per heavy atom. The van der Waals surface area contributed by atoms with E-state index < -0.39 is 0 Å². The van der Waals surface area contributed by atoms with Crippen LogP contribution in [0.5, 0.6) is 0 Å². The van der Waals surface area contributed by atoms with Gasteiger partial charge in [-0.1, -0.05) is 56.3 Å². The minimum Gasteiger partial charge on any atom is -0.309 e. The fourth-order valence-corrected chi connectivity index (χ4v) is 3.39. The van der Waals surface area contributed by atoms with Crippen LogP contribution in [0.3, 0.4) is 0 Å². The average molecular weight is 307 g/mol.